The van der Waals surface area contributed by atoms with Crippen LogP contribution in [-0.2, 0) is 11.2 Å². The van der Waals surface area contributed by atoms with Crippen LogP contribution in [0.25, 0.3) is 17.3 Å². The lowest BCUT2D eigenvalue weighted by molar-refractivity contribution is -0.113. The summed E-state index contributed by atoms with van der Waals surface area (Å²) in [4.78, 5) is 24.9. The van der Waals surface area contributed by atoms with E-state index in [9.17, 15) is 4.79 Å². The fraction of sp³-hybridized carbons (Fsp3) is 0.348. The Morgan fingerprint density at radius 1 is 1.17 bits per heavy atom. The van der Waals surface area contributed by atoms with Gasteiger partial charge in [0.05, 0.1) is 16.4 Å². The van der Waals surface area contributed by atoms with E-state index in [0.717, 1.165) is 30.2 Å². The molecule has 0 spiro atoms. The molecule has 6 nitrogen and oxygen atoms in total. The third-order valence-electron chi connectivity index (χ3n) is 5.95. The summed E-state index contributed by atoms with van der Waals surface area (Å²) in [5, 5.41) is 4.07. The Balaban J connectivity index is 1.53. The predicted octanol–water partition coefficient (Wildman–Crippen LogP) is 3.63. The van der Waals surface area contributed by atoms with Crippen molar-refractivity contribution in [2.24, 2.45) is 0 Å². The molecule has 5 rings (SSSR count). The van der Waals surface area contributed by atoms with E-state index in [1.807, 2.05) is 28.9 Å². The number of anilines is 1. The highest BCUT2D eigenvalue weighted by Gasteiger charge is 2.25. The first-order valence-corrected chi connectivity index (χ1v) is 10.8. The van der Waals surface area contributed by atoms with Crippen LogP contribution in [0.5, 0.6) is 0 Å². The van der Waals surface area contributed by atoms with Crippen molar-refractivity contribution < 1.29 is 4.79 Å². The topological polar surface area (TPSA) is 62.5 Å². The number of nitrogens with zero attached hydrogens (tertiary/aromatic N) is 4. The van der Waals surface area contributed by atoms with Gasteiger partial charge in [-0.3, -0.25) is 4.79 Å². The Bertz CT molecular complexity index is 1170. The number of pyridine rings is 2. The summed E-state index contributed by atoms with van der Waals surface area (Å²) in [6.07, 6.45) is 6.73. The highest BCUT2D eigenvalue weighted by molar-refractivity contribution is 6.33. The molecule has 1 aliphatic heterocycles. The van der Waals surface area contributed by atoms with E-state index in [-0.39, 0.29) is 5.78 Å². The van der Waals surface area contributed by atoms with Crippen LogP contribution in [-0.4, -0.2) is 45.3 Å². The minimum absolute atomic E-state index is 0.0817. The highest BCUT2D eigenvalue weighted by atomic mass is 35.5. The number of fused-ring (bicyclic) bond motifs is 2. The largest absolute Gasteiger partial charge is 0.351 e. The zero-order chi connectivity index (χ0) is 20.8. The quantitative estimate of drug-likeness (QED) is 0.684. The number of halogens is 1. The van der Waals surface area contributed by atoms with Crippen LogP contribution in [0, 0.1) is 0 Å². The molecular weight excluding hydrogens is 398 g/mol. The molecule has 0 radical (unpaired) electrons. The second-order valence-corrected chi connectivity index (χ2v) is 8.62. The van der Waals surface area contributed by atoms with Crippen LogP contribution in [0.15, 0.2) is 36.7 Å². The fourth-order valence-corrected chi connectivity index (χ4v) is 4.47. The van der Waals surface area contributed by atoms with E-state index in [1.165, 1.54) is 0 Å². The predicted molar refractivity (Wildman–Crippen MR) is 120 cm³/mol. The van der Waals surface area contributed by atoms with Gasteiger partial charge in [-0.1, -0.05) is 11.6 Å². The van der Waals surface area contributed by atoms with Crippen LogP contribution in [0.4, 0.5) is 5.82 Å². The van der Waals surface area contributed by atoms with Gasteiger partial charge < -0.3 is 14.6 Å². The normalized spacial score (nSPS) is 22.0. The second kappa shape index (κ2) is 7.52. The molecule has 1 aliphatic carbocycles. The summed E-state index contributed by atoms with van der Waals surface area (Å²) in [6, 6.07) is 8.62. The molecule has 0 aromatic carbocycles. The molecule has 0 unspecified atom stereocenters. The summed E-state index contributed by atoms with van der Waals surface area (Å²) in [7, 11) is 0. The van der Waals surface area contributed by atoms with Gasteiger partial charge >= 0.3 is 0 Å². The molecule has 1 N–H and O–H groups in total. The van der Waals surface area contributed by atoms with Crippen LogP contribution in [0.1, 0.15) is 37.2 Å². The lowest BCUT2D eigenvalue weighted by Gasteiger charge is -2.38. The van der Waals surface area contributed by atoms with Gasteiger partial charge in [-0.05, 0) is 56.2 Å². The van der Waals surface area contributed by atoms with Crippen molar-refractivity contribution >= 4 is 40.5 Å². The van der Waals surface area contributed by atoms with Crippen molar-refractivity contribution in [3.8, 4) is 0 Å². The van der Waals surface area contributed by atoms with Gasteiger partial charge in [-0.2, -0.15) is 0 Å². The van der Waals surface area contributed by atoms with Gasteiger partial charge in [0.2, 0.25) is 0 Å². The number of hydrogen-bond acceptors (Lipinski definition) is 5. The average Bonchev–Trinajstić information content (AvgIpc) is 3.10. The first-order valence-electron chi connectivity index (χ1n) is 10.4. The van der Waals surface area contributed by atoms with E-state index in [1.54, 1.807) is 6.07 Å². The zero-order valence-corrected chi connectivity index (χ0v) is 17.9. The van der Waals surface area contributed by atoms with Gasteiger partial charge in [0.1, 0.15) is 5.82 Å². The van der Waals surface area contributed by atoms with Crippen molar-refractivity contribution in [1.29, 1.82) is 0 Å². The molecule has 154 valence electrons. The number of Topliss-reactive ketones (excluding diaryl/α,β-unsaturated/α-hetero) is 1. The van der Waals surface area contributed by atoms with E-state index in [4.69, 9.17) is 16.6 Å². The minimum Gasteiger partial charge on any atom is -0.351 e. The number of aryl methyl sites for hydroxylation is 1. The van der Waals surface area contributed by atoms with E-state index in [0.29, 0.717) is 46.9 Å². The maximum absolute atomic E-state index is 12.9. The SMILES string of the molecule is C[C@@H]1CN[C@@H](C)CN1c1ccc2c(n1)CCC(=O)C(c1cn3cccc(Cl)c3n1)=C2. The molecule has 2 aliphatic rings. The van der Waals surface area contributed by atoms with Gasteiger partial charge in [0.15, 0.2) is 11.4 Å². The number of rotatable bonds is 2. The van der Waals surface area contributed by atoms with Crippen LogP contribution >= 0.6 is 11.6 Å². The Labute approximate surface area is 180 Å². The van der Waals surface area contributed by atoms with Crippen molar-refractivity contribution in [2.45, 2.75) is 38.8 Å². The standard InChI is InChI=1S/C23H24ClN5O/c1-14-12-29(15(2)11-25-14)22-8-5-16-10-17(21(30)7-6-19(16)26-22)20-13-28-9-3-4-18(24)23(28)27-20/h3-5,8-10,13-15,25H,6-7,11-12H2,1-2H3/t14-,15+/m0/s1. The lowest BCUT2D eigenvalue weighted by atomic mass is 10.1. The molecule has 0 saturated carbocycles. The number of piperazine rings is 1. The minimum atomic E-state index is 0.0817. The first kappa shape index (κ1) is 19.3. The van der Waals surface area contributed by atoms with Crippen molar-refractivity contribution in [1.82, 2.24) is 19.7 Å². The number of allylic oxidation sites excluding steroid dienone is 1. The Morgan fingerprint density at radius 3 is 2.87 bits per heavy atom. The molecule has 1 saturated heterocycles. The molecule has 4 heterocycles. The van der Waals surface area contributed by atoms with Crippen molar-refractivity contribution in [3.63, 3.8) is 0 Å². The summed E-state index contributed by atoms with van der Waals surface area (Å²) in [5.41, 5.74) is 3.87. The highest BCUT2D eigenvalue weighted by Crippen LogP contribution is 2.29. The van der Waals surface area contributed by atoms with Crippen molar-refractivity contribution in [3.05, 3.63) is 58.6 Å². The van der Waals surface area contributed by atoms with Crippen LogP contribution < -0.4 is 10.2 Å². The van der Waals surface area contributed by atoms with Gasteiger partial charge in [0, 0.05) is 49.6 Å². The molecule has 3 aromatic rings. The number of hydrogen-bond donors (Lipinski definition) is 1. The summed E-state index contributed by atoms with van der Waals surface area (Å²) in [5.74, 6) is 1.07. The lowest BCUT2D eigenvalue weighted by Crippen LogP contribution is -2.54. The fourth-order valence-electron chi connectivity index (χ4n) is 4.26. The monoisotopic (exact) mass is 421 g/mol. The Kier molecular flexibility index (Phi) is 4.83. The number of aromatic nitrogens is 3. The third kappa shape index (κ3) is 3.40. The van der Waals surface area contributed by atoms with Crippen LogP contribution in [0.3, 0.4) is 0 Å². The van der Waals surface area contributed by atoms with E-state index < -0.39 is 0 Å². The zero-order valence-electron chi connectivity index (χ0n) is 17.1. The number of imidazole rings is 1. The molecule has 2 atom stereocenters. The Morgan fingerprint density at radius 2 is 2.03 bits per heavy atom. The maximum atomic E-state index is 12.9. The molecule has 0 amide bonds. The summed E-state index contributed by atoms with van der Waals surface area (Å²) < 4.78 is 1.85. The maximum Gasteiger partial charge on any atom is 0.165 e. The Hall–Kier alpha value is -2.70. The van der Waals surface area contributed by atoms with Crippen molar-refractivity contribution in [2.75, 3.05) is 18.0 Å². The average molecular weight is 422 g/mol. The van der Waals surface area contributed by atoms with Gasteiger partial charge in [-0.25, -0.2) is 9.97 Å². The summed E-state index contributed by atoms with van der Waals surface area (Å²) in [6.45, 7) is 6.27. The van der Waals surface area contributed by atoms with E-state index in [2.05, 4.69) is 41.2 Å². The third-order valence-corrected chi connectivity index (χ3v) is 6.25. The molecule has 0 bridgehead atoms. The van der Waals surface area contributed by atoms with Gasteiger partial charge in [0.25, 0.3) is 0 Å². The molecule has 30 heavy (non-hydrogen) atoms. The number of carbonyl (C=O) groups excluding carboxylic acids is 1. The number of carbonyl (C=O) groups is 1. The molecule has 1 fully saturated rings. The van der Waals surface area contributed by atoms with Gasteiger partial charge in [-0.15, -0.1) is 0 Å². The molecular formula is C23H24ClN5O. The molecule has 7 heteroatoms. The number of nitrogens with one attached hydrogen (secondary N) is 1. The first-order chi connectivity index (χ1) is 14.5. The van der Waals surface area contributed by atoms with E-state index >= 15 is 0 Å². The smallest absolute Gasteiger partial charge is 0.165 e. The van der Waals surface area contributed by atoms with Crippen LogP contribution in [0.2, 0.25) is 5.02 Å². The second-order valence-electron chi connectivity index (χ2n) is 8.21. The number of ketones is 1. The molecule has 3 aromatic heterocycles. The summed E-state index contributed by atoms with van der Waals surface area (Å²) >= 11 is 6.27.